The first-order chi connectivity index (χ1) is 10.1. The van der Waals surface area contributed by atoms with Crippen molar-refractivity contribution in [3.63, 3.8) is 0 Å². The molecule has 0 bridgehead atoms. The predicted molar refractivity (Wildman–Crippen MR) is 95.7 cm³/mol. The lowest BCUT2D eigenvalue weighted by molar-refractivity contribution is -0.0462. The van der Waals surface area contributed by atoms with Gasteiger partial charge in [-0.25, -0.2) is 9.40 Å². The predicted octanol–water partition coefficient (Wildman–Crippen LogP) is 3.03. The minimum absolute atomic E-state index is 0.154. The van der Waals surface area contributed by atoms with Crippen molar-refractivity contribution in [1.82, 2.24) is 10.0 Å². The fraction of sp³-hybridized carbons (Fsp3) is 0.333. The Morgan fingerprint density at radius 2 is 2.24 bits per heavy atom. The maximum atomic E-state index is 13.5. The Kier molecular flexibility index (Phi) is 6.45. The summed E-state index contributed by atoms with van der Waals surface area (Å²) >= 11 is 11.6. The second-order valence-electron chi connectivity index (χ2n) is 4.24. The molecule has 1 aliphatic heterocycles. The second-order valence-corrected chi connectivity index (χ2v) is 7.06. The van der Waals surface area contributed by atoms with Crippen LogP contribution in [0.4, 0.5) is 4.39 Å². The minimum Gasteiger partial charge on any atom is -0.470 e. The molecule has 0 amide bonds. The van der Waals surface area contributed by atoms with Crippen LogP contribution >= 0.6 is 50.1 Å². The fourth-order valence-corrected chi connectivity index (χ4v) is 6.49. The molecular formula is C12H14BrClFIN2O2Si. The lowest BCUT2D eigenvalue weighted by atomic mass is 10.2. The number of nitrogens with zero attached hydrogens (tertiary/aromatic N) is 2. The van der Waals surface area contributed by atoms with E-state index < -0.39 is 6.80 Å². The quantitative estimate of drug-likeness (QED) is 0.256. The molecule has 4 nitrogen and oxygen atoms in total. The van der Waals surface area contributed by atoms with Crippen molar-refractivity contribution in [1.29, 1.82) is 0 Å². The van der Waals surface area contributed by atoms with E-state index in [1.54, 1.807) is 17.3 Å². The zero-order valence-corrected chi connectivity index (χ0v) is 17.8. The van der Waals surface area contributed by atoms with Gasteiger partial charge in [0, 0.05) is 15.6 Å². The first-order valence-electron chi connectivity index (χ1n) is 6.12. The average molecular weight is 508 g/mol. The molecule has 0 fully saturated rings. The van der Waals surface area contributed by atoms with Crippen LogP contribution in [0, 0.1) is 0 Å². The Morgan fingerprint density at radius 3 is 2.76 bits per heavy atom. The first kappa shape index (κ1) is 17.2. The van der Waals surface area contributed by atoms with Gasteiger partial charge >= 0.3 is 0 Å². The number of hydrazine groups is 1. The molecule has 2 heterocycles. The van der Waals surface area contributed by atoms with Crippen LogP contribution in [0.15, 0.2) is 43.2 Å². The van der Waals surface area contributed by atoms with Crippen LogP contribution in [-0.2, 0) is 11.3 Å². The van der Waals surface area contributed by atoms with E-state index in [1.165, 1.54) is 5.01 Å². The van der Waals surface area contributed by atoms with Crippen LogP contribution in [0.3, 0.4) is 0 Å². The summed E-state index contributed by atoms with van der Waals surface area (Å²) in [6.07, 6.45) is 1.58. The number of alkyl halides is 3. The Balaban J connectivity index is 2.30. The number of furan rings is 1. The van der Waals surface area contributed by atoms with Gasteiger partial charge in [0.15, 0.2) is 6.80 Å². The van der Waals surface area contributed by atoms with Gasteiger partial charge in [0.25, 0.3) is 0 Å². The third-order valence-electron chi connectivity index (χ3n) is 3.07. The van der Waals surface area contributed by atoms with E-state index in [0.29, 0.717) is 17.0 Å². The summed E-state index contributed by atoms with van der Waals surface area (Å²) in [7, 11) is 0.738. The molecule has 0 saturated heterocycles. The van der Waals surface area contributed by atoms with Gasteiger partial charge in [-0.05, 0) is 45.5 Å². The molecule has 0 aromatic carbocycles. The normalized spacial score (nSPS) is 16.2. The van der Waals surface area contributed by atoms with Crippen LogP contribution in [0.5, 0.6) is 0 Å². The van der Waals surface area contributed by atoms with Crippen LogP contribution in [-0.4, -0.2) is 38.4 Å². The van der Waals surface area contributed by atoms with Crippen molar-refractivity contribution in [3.05, 3.63) is 44.5 Å². The van der Waals surface area contributed by atoms with Crippen LogP contribution < -0.4 is 0 Å². The van der Waals surface area contributed by atoms with E-state index in [4.69, 9.17) is 20.8 Å². The van der Waals surface area contributed by atoms with E-state index in [1.807, 2.05) is 6.07 Å². The highest BCUT2D eigenvalue weighted by molar-refractivity contribution is 14.1. The molecule has 116 valence electrons. The van der Waals surface area contributed by atoms with Crippen molar-refractivity contribution in [2.24, 2.45) is 0 Å². The fourth-order valence-electron chi connectivity index (χ4n) is 1.96. The molecule has 0 aliphatic carbocycles. The van der Waals surface area contributed by atoms with Gasteiger partial charge in [-0.3, -0.25) is 5.01 Å². The summed E-state index contributed by atoms with van der Waals surface area (Å²) in [5, 5.41) is 4.77. The van der Waals surface area contributed by atoms with E-state index in [2.05, 4.69) is 38.5 Å². The van der Waals surface area contributed by atoms with Crippen molar-refractivity contribution < 1.29 is 13.5 Å². The monoisotopic (exact) mass is 506 g/mol. The number of halogens is 4. The molecule has 1 aromatic rings. The van der Waals surface area contributed by atoms with Gasteiger partial charge < -0.3 is 9.15 Å². The molecule has 0 radical (unpaired) electrons. The van der Waals surface area contributed by atoms with Crippen LogP contribution in [0.25, 0.3) is 0 Å². The summed E-state index contributed by atoms with van der Waals surface area (Å²) < 4.78 is 25.4. The molecule has 0 N–H and O–H groups in total. The average Bonchev–Trinajstić information content (AvgIpc) is 2.99. The molecular weight excluding hydrogens is 493 g/mol. The van der Waals surface area contributed by atoms with Gasteiger partial charge in [0.2, 0.25) is 5.88 Å². The van der Waals surface area contributed by atoms with Gasteiger partial charge in [-0.1, -0.05) is 15.9 Å². The highest BCUT2D eigenvalue weighted by atomic mass is 127. The summed E-state index contributed by atoms with van der Waals surface area (Å²) in [6.45, 7) is -0.444. The third kappa shape index (κ3) is 3.59. The lowest BCUT2D eigenvalue weighted by Gasteiger charge is -2.40. The maximum absolute atomic E-state index is 13.5. The highest BCUT2D eigenvalue weighted by Gasteiger charge is 2.30. The lowest BCUT2D eigenvalue weighted by Crippen LogP contribution is -2.43. The van der Waals surface area contributed by atoms with Crippen molar-refractivity contribution in [2.45, 2.75) is 6.61 Å². The molecule has 2 rings (SSSR count). The largest absolute Gasteiger partial charge is 0.470 e. The Morgan fingerprint density at radius 1 is 1.48 bits per heavy atom. The van der Waals surface area contributed by atoms with Crippen molar-refractivity contribution in [2.75, 3.05) is 18.1 Å². The van der Waals surface area contributed by atoms with Crippen molar-refractivity contribution in [3.8, 4) is 0 Å². The number of hydrogen-bond donors (Lipinski definition) is 0. The molecule has 21 heavy (non-hydrogen) atoms. The van der Waals surface area contributed by atoms with Gasteiger partial charge in [-0.2, -0.15) is 0 Å². The molecule has 0 spiro atoms. The summed E-state index contributed by atoms with van der Waals surface area (Å²) in [5.74, 6) is 1.20. The zero-order valence-electron chi connectivity index (χ0n) is 11.3. The van der Waals surface area contributed by atoms with E-state index >= 15 is 0 Å². The standard InChI is InChI=1S/C12H14BrClFIN2O2Si/c13-4-9-10(21)12(20-5-8-2-1-3-19-8)18(7-15)17(6-14)11(9)16/h1-3H,4-7H2,21H3. The molecule has 0 saturated carbocycles. The molecule has 0 atom stereocenters. The van der Waals surface area contributed by atoms with Gasteiger partial charge in [0.05, 0.1) is 6.26 Å². The Labute approximate surface area is 152 Å². The van der Waals surface area contributed by atoms with Crippen LogP contribution in [0.1, 0.15) is 5.76 Å². The smallest absolute Gasteiger partial charge is 0.209 e. The zero-order chi connectivity index (χ0) is 15.4. The summed E-state index contributed by atoms with van der Waals surface area (Å²) in [6, 6.07) is 3.77. The number of ether oxygens (including phenoxy) is 1. The Hall–Kier alpha value is -0.193. The first-order valence-corrected chi connectivity index (χ1v) is 9.85. The topological polar surface area (TPSA) is 28.9 Å². The maximum Gasteiger partial charge on any atom is 0.209 e. The van der Waals surface area contributed by atoms with Crippen LogP contribution in [0.2, 0.25) is 0 Å². The Bertz CT molecular complexity index is 555. The third-order valence-corrected chi connectivity index (χ3v) is 6.09. The minimum atomic E-state index is -0.700. The summed E-state index contributed by atoms with van der Waals surface area (Å²) in [4.78, 5) is 0. The second kappa shape index (κ2) is 7.89. The highest BCUT2D eigenvalue weighted by Crippen LogP contribution is 2.35. The van der Waals surface area contributed by atoms with E-state index in [0.717, 1.165) is 24.7 Å². The van der Waals surface area contributed by atoms with Gasteiger partial charge in [-0.15, -0.1) is 11.6 Å². The summed E-state index contributed by atoms with van der Waals surface area (Å²) in [5.41, 5.74) is 1.09. The van der Waals surface area contributed by atoms with E-state index in [-0.39, 0.29) is 12.6 Å². The number of hydrogen-bond acceptors (Lipinski definition) is 4. The SMILES string of the molecule is FCN1C(OCc2ccco2)=C([SiH3])C(CBr)=C(I)N1CCl. The molecule has 1 aliphatic rings. The molecule has 1 aromatic heterocycles. The van der Waals surface area contributed by atoms with E-state index in [9.17, 15) is 4.39 Å². The number of allylic oxidation sites excluding steroid dienone is 2. The molecule has 9 heteroatoms. The molecule has 0 unspecified atom stereocenters. The van der Waals surface area contributed by atoms with Gasteiger partial charge in [0.1, 0.15) is 22.1 Å². The number of rotatable bonds is 6. The van der Waals surface area contributed by atoms with Crippen molar-refractivity contribution >= 4 is 60.4 Å².